The van der Waals surface area contributed by atoms with Crippen LogP contribution in [-0.2, 0) is 4.74 Å². The number of halogens is 1. The van der Waals surface area contributed by atoms with Gasteiger partial charge in [-0.15, -0.1) is 0 Å². The van der Waals surface area contributed by atoms with Crippen LogP contribution in [0.2, 0.25) is 5.02 Å². The first-order valence-electron chi connectivity index (χ1n) is 5.84. The predicted molar refractivity (Wildman–Crippen MR) is 69.0 cm³/mol. The molecule has 1 atom stereocenters. The number of hydrogen-bond donors (Lipinski definition) is 1. The van der Waals surface area contributed by atoms with Crippen molar-refractivity contribution in [3.8, 4) is 0 Å². The number of nitrogens with one attached hydrogen (secondary N) is 1. The fraction of sp³-hybridized carbons (Fsp3) is 0.538. The summed E-state index contributed by atoms with van der Waals surface area (Å²) in [5.74, 6) is 0. The van der Waals surface area contributed by atoms with Gasteiger partial charge in [-0.1, -0.05) is 30.7 Å². The van der Waals surface area contributed by atoms with E-state index in [1.165, 1.54) is 5.56 Å². The van der Waals surface area contributed by atoms with Crippen molar-refractivity contribution in [3.05, 3.63) is 34.9 Å². The fourth-order valence-corrected chi connectivity index (χ4v) is 1.77. The third kappa shape index (κ3) is 4.52. The van der Waals surface area contributed by atoms with Crippen molar-refractivity contribution < 1.29 is 4.74 Å². The fourth-order valence-electron chi connectivity index (χ4n) is 1.64. The minimum atomic E-state index is 0.387. The molecule has 3 heteroatoms. The molecule has 0 heterocycles. The highest BCUT2D eigenvalue weighted by molar-refractivity contribution is 6.30. The van der Waals surface area contributed by atoms with Gasteiger partial charge in [0.1, 0.15) is 0 Å². The van der Waals surface area contributed by atoms with Gasteiger partial charge in [-0.2, -0.15) is 0 Å². The molecule has 0 amide bonds. The molecule has 0 aromatic heterocycles. The Kier molecular flexibility index (Phi) is 6.46. The van der Waals surface area contributed by atoms with Crippen LogP contribution in [0.15, 0.2) is 24.3 Å². The first-order valence-corrected chi connectivity index (χ1v) is 6.22. The summed E-state index contributed by atoms with van der Waals surface area (Å²) >= 11 is 5.86. The quantitative estimate of drug-likeness (QED) is 0.739. The van der Waals surface area contributed by atoms with Crippen molar-refractivity contribution in [1.29, 1.82) is 0 Å². The van der Waals surface area contributed by atoms with Gasteiger partial charge in [0, 0.05) is 24.2 Å². The van der Waals surface area contributed by atoms with Gasteiger partial charge in [-0.3, -0.25) is 0 Å². The molecule has 90 valence electrons. The zero-order valence-corrected chi connectivity index (χ0v) is 10.8. The monoisotopic (exact) mass is 241 g/mol. The van der Waals surface area contributed by atoms with Crippen LogP contribution in [0.3, 0.4) is 0 Å². The van der Waals surface area contributed by atoms with E-state index in [0.717, 1.165) is 31.2 Å². The van der Waals surface area contributed by atoms with E-state index in [9.17, 15) is 0 Å². The molecule has 1 rings (SSSR count). The Morgan fingerprint density at radius 3 is 2.50 bits per heavy atom. The van der Waals surface area contributed by atoms with Crippen LogP contribution >= 0.6 is 11.6 Å². The Morgan fingerprint density at radius 2 is 1.94 bits per heavy atom. The van der Waals surface area contributed by atoms with Crippen molar-refractivity contribution in [1.82, 2.24) is 5.32 Å². The lowest BCUT2D eigenvalue weighted by atomic mass is 10.0. The molecule has 0 spiro atoms. The highest BCUT2D eigenvalue weighted by Crippen LogP contribution is 2.18. The summed E-state index contributed by atoms with van der Waals surface area (Å²) in [6, 6.07) is 8.40. The average Bonchev–Trinajstić information content (AvgIpc) is 2.31. The molecule has 1 aromatic carbocycles. The van der Waals surface area contributed by atoms with Crippen molar-refractivity contribution >= 4 is 11.6 Å². The molecular formula is C13H20ClNO. The molecule has 0 radical (unpaired) electrons. The van der Waals surface area contributed by atoms with E-state index >= 15 is 0 Å². The lowest BCUT2D eigenvalue weighted by Crippen LogP contribution is -2.24. The summed E-state index contributed by atoms with van der Waals surface area (Å²) in [5, 5.41) is 4.26. The van der Waals surface area contributed by atoms with E-state index in [-0.39, 0.29) is 0 Å². The Labute approximate surface area is 103 Å². The highest BCUT2D eigenvalue weighted by atomic mass is 35.5. The van der Waals surface area contributed by atoms with Crippen LogP contribution in [0, 0.1) is 0 Å². The second kappa shape index (κ2) is 7.66. The topological polar surface area (TPSA) is 21.3 Å². The van der Waals surface area contributed by atoms with Gasteiger partial charge < -0.3 is 10.1 Å². The maximum Gasteiger partial charge on any atom is 0.0590 e. The summed E-state index contributed by atoms with van der Waals surface area (Å²) in [7, 11) is 0. The third-order valence-corrected chi connectivity index (χ3v) is 2.77. The Bertz CT molecular complexity index is 286. The first kappa shape index (κ1) is 13.5. The maximum atomic E-state index is 5.86. The molecule has 1 aromatic rings. The average molecular weight is 242 g/mol. The van der Waals surface area contributed by atoms with Crippen molar-refractivity contribution in [2.45, 2.75) is 26.3 Å². The summed E-state index contributed by atoms with van der Waals surface area (Å²) < 4.78 is 5.30. The van der Waals surface area contributed by atoms with Gasteiger partial charge in [-0.25, -0.2) is 0 Å². The maximum absolute atomic E-state index is 5.86. The third-order valence-electron chi connectivity index (χ3n) is 2.52. The van der Waals surface area contributed by atoms with Gasteiger partial charge in [0.15, 0.2) is 0 Å². The van der Waals surface area contributed by atoms with Crippen LogP contribution in [0.5, 0.6) is 0 Å². The van der Waals surface area contributed by atoms with Crippen LogP contribution in [0.25, 0.3) is 0 Å². The van der Waals surface area contributed by atoms with Gasteiger partial charge in [0.05, 0.1) is 6.61 Å². The van der Waals surface area contributed by atoms with E-state index in [1.54, 1.807) is 0 Å². The van der Waals surface area contributed by atoms with Gasteiger partial charge in [0.2, 0.25) is 0 Å². The predicted octanol–water partition coefficient (Wildman–Crippen LogP) is 3.42. The molecule has 0 fully saturated rings. The number of rotatable bonds is 7. The van der Waals surface area contributed by atoms with Gasteiger partial charge >= 0.3 is 0 Å². The molecule has 0 saturated carbocycles. The Balaban J connectivity index is 2.44. The molecule has 0 saturated heterocycles. The van der Waals surface area contributed by atoms with E-state index in [4.69, 9.17) is 16.3 Å². The molecular weight excluding hydrogens is 222 g/mol. The first-order chi connectivity index (χ1) is 7.77. The summed E-state index contributed by atoms with van der Waals surface area (Å²) in [4.78, 5) is 0. The molecule has 0 aliphatic carbocycles. The lowest BCUT2D eigenvalue weighted by molar-refractivity contribution is 0.146. The summed E-state index contributed by atoms with van der Waals surface area (Å²) in [6.07, 6.45) is 1.06. The SMILES string of the molecule is CCOCCNC(CC)c1ccc(Cl)cc1. The molecule has 0 bridgehead atoms. The van der Waals surface area contributed by atoms with Crippen LogP contribution < -0.4 is 5.32 Å². The normalized spacial score (nSPS) is 12.7. The van der Waals surface area contributed by atoms with Crippen LogP contribution in [0.4, 0.5) is 0 Å². The summed E-state index contributed by atoms with van der Waals surface area (Å²) in [5.41, 5.74) is 1.28. The van der Waals surface area contributed by atoms with Gasteiger partial charge in [0.25, 0.3) is 0 Å². The second-order valence-corrected chi connectivity index (χ2v) is 4.10. The van der Waals surface area contributed by atoms with E-state index in [2.05, 4.69) is 24.4 Å². The Hall–Kier alpha value is -0.570. The zero-order chi connectivity index (χ0) is 11.8. The number of ether oxygens (including phenoxy) is 1. The molecule has 0 aliphatic heterocycles. The van der Waals surface area contributed by atoms with Crippen LogP contribution in [-0.4, -0.2) is 19.8 Å². The number of benzene rings is 1. The lowest BCUT2D eigenvalue weighted by Gasteiger charge is -2.17. The molecule has 1 unspecified atom stereocenters. The van der Waals surface area contributed by atoms with E-state index < -0.39 is 0 Å². The van der Waals surface area contributed by atoms with Gasteiger partial charge in [-0.05, 0) is 31.0 Å². The highest BCUT2D eigenvalue weighted by Gasteiger charge is 2.07. The van der Waals surface area contributed by atoms with E-state index in [1.807, 2.05) is 19.1 Å². The molecule has 16 heavy (non-hydrogen) atoms. The second-order valence-electron chi connectivity index (χ2n) is 3.66. The van der Waals surface area contributed by atoms with Crippen molar-refractivity contribution in [3.63, 3.8) is 0 Å². The Morgan fingerprint density at radius 1 is 1.25 bits per heavy atom. The largest absolute Gasteiger partial charge is 0.380 e. The summed E-state index contributed by atoms with van der Waals surface area (Å²) in [6.45, 7) is 6.61. The minimum absolute atomic E-state index is 0.387. The van der Waals surface area contributed by atoms with Crippen LogP contribution in [0.1, 0.15) is 31.9 Å². The minimum Gasteiger partial charge on any atom is -0.380 e. The van der Waals surface area contributed by atoms with E-state index in [0.29, 0.717) is 6.04 Å². The molecule has 2 nitrogen and oxygen atoms in total. The van der Waals surface area contributed by atoms with Crippen molar-refractivity contribution in [2.75, 3.05) is 19.8 Å². The molecule has 0 aliphatic rings. The van der Waals surface area contributed by atoms with Crippen molar-refractivity contribution in [2.24, 2.45) is 0 Å². The smallest absolute Gasteiger partial charge is 0.0590 e. The number of hydrogen-bond acceptors (Lipinski definition) is 2. The standard InChI is InChI=1S/C13H20ClNO/c1-3-13(15-9-10-16-4-2)11-5-7-12(14)8-6-11/h5-8,13,15H,3-4,9-10H2,1-2H3. The molecule has 1 N–H and O–H groups in total. The zero-order valence-electron chi connectivity index (χ0n) is 10.0.